The third-order valence-corrected chi connectivity index (χ3v) is 5.85. The Morgan fingerprint density at radius 2 is 1.77 bits per heavy atom. The van der Waals surface area contributed by atoms with Gasteiger partial charge in [0.25, 0.3) is 0 Å². The molecule has 0 bridgehead atoms. The molecule has 2 aliphatic heterocycles. The molecule has 0 N–H and O–H groups in total. The summed E-state index contributed by atoms with van der Waals surface area (Å²) in [5, 5.41) is 0. The molecule has 0 aliphatic carbocycles. The molecule has 0 saturated carbocycles. The molecule has 0 spiro atoms. The number of piperidine rings is 1. The topological polar surface area (TPSA) is 40.6 Å². The van der Waals surface area contributed by atoms with Crippen LogP contribution in [0.2, 0.25) is 0 Å². The summed E-state index contributed by atoms with van der Waals surface area (Å²) in [6, 6.07) is 6.55. The number of carbonyl (C=O) groups excluding carboxylic acids is 2. The van der Waals surface area contributed by atoms with Crippen molar-refractivity contribution in [2.45, 2.75) is 58.8 Å². The van der Waals surface area contributed by atoms with E-state index in [1.54, 1.807) is 0 Å². The average molecular weight is 357 g/mol. The highest BCUT2D eigenvalue weighted by Gasteiger charge is 2.25. The fourth-order valence-electron chi connectivity index (χ4n) is 4.37. The summed E-state index contributed by atoms with van der Waals surface area (Å²) in [6.07, 6.45) is 6.44. The zero-order valence-corrected chi connectivity index (χ0v) is 16.3. The summed E-state index contributed by atoms with van der Waals surface area (Å²) >= 11 is 0. The maximum absolute atomic E-state index is 12.5. The van der Waals surface area contributed by atoms with E-state index in [9.17, 15) is 9.59 Å². The molecule has 3 rings (SSSR count). The van der Waals surface area contributed by atoms with Gasteiger partial charge in [0.05, 0.1) is 0 Å². The minimum Gasteiger partial charge on any atom is -0.343 e. The van der Waals surface area contributed by atoms with Gasteiger partial charge < -0.3 is 9.80 Å². The molecular formula is C22H32N2O2. The number of hydrogen-bond donors (Lipinski definition) is 0. The number of benzene rings is 1. The van der Waals surface area contributed by atoms with Crippen molar-refractivity contribution < 1.29 is 9.59 Å². The smallest absolute Gasteiger partial charge is 0.222 e. The van der Waals surface area contributed by atoms with Gasteiger partial charge in [0, 0.05) is 39.0 Å². The number of nitrogens with zero attached hydrogens (tertiary/aromatic N) is 2. The fraction of sp³-hybridized carbons (Fsp3) is 0.636. The molecule has 0 radical (unpaired) electrons. The third kappa shape index (κ3) is 5.09. The minimum atomic E-state index is 0.289. The first kappa shape index (κ1) is 18.9. The number of hydrogen-bond acceptors (Lipinski definition) is 2. The van der Waals surface area contributed by atoms with Crippen LogP contribution in [0.1, 0.15) is 55.2 Å². The first-order valence-corrected chi connectivity index (χ1v) is 10.1. The number of aryl methyl sites for hydroxylation is 3. The Morgan fingerprint density at radius 3 is 2.38 bits per heavy atom. The van der Waals surface area contributed by atoms with Crippen LogP contribution in [0, 0.1) is 19.8 Å². The minimum absolute atomic E-state index is 0.289. The molecule has 0 aromatic heterocycles. The molecule has 1 aromatic rings. The Kier molecular flexibility index (Phi) is 6.33. The van der Waals surface area contributed by atoms with Gasteiger partial charge >= 0.3 is 0 Å². The number of amides is 2. The SMILES string of the molecule is Cc1cc(C)cc(CCC(=O)N2CCC(CCN3CCCC3=O)CC2)c1. The van der Waals surface area contributed by atoms with E-state index in [2.05, 4.69) is 32.0 Å². The summed E-state index contributed by atoms with van der Waals surface area (Å²) in [5.74, 6) is 1.27. The molecular weight excluding hydrogens is 324 g/mol. The van der Waals surface area contributed by atoms with Gasteiger partial charge in [-0.1, -0.05) is 29.3 Å². The Morgan fingerprint density at radius 1 is 1.08 bits per heavy atom. The number of carbonyl (C=O) groups is 2. The van der Waals surface area contributed by atoms with Crippen LogP contribution in [0.5, 0.6) is 0 Å². The Hall–Kier alpha value is -1.84. The van der Waals surface area contributed by atoms with Crippen LogP contribution in [-0.2, 0) is 16.0 Å². The van der Waals surface area contributed by atoms with Crippen LogP contribution in [0.3, 0.4) is 0 Å². The van der Waals surface area contributed by atoms with Gasteiger partial charge in [0.1, 0.15) is 0 Å². The van der Waals surface area contributed by atoms with Crippen molar-refractivity contribution in [3.63, 3.8) is 0 Å². The van der Waals surface area contributed by atoms with E-state index in [1.807, 2.05) is 9.80 Å². The van der Waals surface area contributed by atoms with E-state index in [0.29, 0.717) is 18.2 Å². The van der Waals surface area contributed by atoms with Crippen molar-refractivity contribution in [1.29, 1.82) is 0 Å². The molecule has 142 valence electrons. The van der Waals surface area contributed by atoms with Crippen LogP contribution in [0.15, 0.2) is 18.2 Å². The van der Waals surface area contributed by atoms with Gasteiger partial charge in [-0.05, 0) is 57.4 Å². The maximum Gasteiger partial charge on any atom is 0.222 e. The molecule has 2 saturated heterocycles. The summed E-state index contributed by atoms with van der Waals surface area (Å²) < 4.78 is 0. The van der Waals surface area contributed by atoms with Crippen molar-refractivity contribution >= 4 is 11.8 Å². The molecule has 4 nitrogen and oxygen atoms in total. The third-order valence-electron chi connectivity index (χ3n) is 5.85. The van der Waals surface area contributed by atoms with Crippen molar-refractivity contribution in [2.24, 2.45) is 5.92 Å². The highest BCUT2D eigenvalue weighted by Crippen LogP contribution is 2.23. The molecule has 4 heteroatoms. The van der Waals surface area contributed by atoms with Crippen molar-refractivity contribution in [2.75, 3.05) is 26.2 Å². The second kappa shape index (κ2) is 8.70. The standard InChI is InChI=1S/C22H32N2O2/c1-17-14-18(2)16-20(15-17)5-6-22(26)24-12-8-19(9-13-24)7-11-23-10-3-4-21(23)25/h14-16,19H,3-13H2,1-2H3. The van der Waals surface area contributed by atoms with Crippen LogP contribution in [0.25, 0.3) is 0 Å². The van der Waals surface area contributed by atoms with Crippen molar-refractivity contribution in [1.82, 2.24) is 9.80 Å². The number of rotatable bonds is 6. The molecule has 2 aliphatic rings. The molecule has 26 heavy (non-hydrogen) atoms. The zero-order chi connectivity index (χ0) is 18.5. The van der Waals surface area contributed by atoms with Gasteiger partial charge in [0.2, 0.25) is 11.8 Å². The van der Waals surface area contributed by atoms with Crippen LogP contribution >= 0.6 is 0 Å². The second-order valence-electron chi connectivity index (χ2n) is 8.09. The predicted octanol–water partition coefficient (Wildman–Crippen LogP) is 3.49. The van der Waals surface area contributed by atoms with Gasteiger partial charge in [-0.2, -0.15) is 0 Å². The monoisotopic (exact) mass is 356 g/mol. The normalized spacial score (nSPS) is 18.6. The molecule has 0 atom stereocenters. The largest absolute Gasteiger partial charge is 0.343 e. The predicted molar refractivity (Wildman–Crippen MR) is 104 cm³/mol. The highest BCUT2D eigenvalue weighted by molar-refractivity contribution is 5.78. The Bertz CT molecular complexity index is 627. The van der Waals surface area contributed by atoms with Gasteiger partial charge in [-0.15, -0.1) is 0 Å². The first-order chi connectivity index (χ1) is 12.5. The van der Waals surface area contributed by atoms with E-state index in [0.717, 1.165) is 64.7 Å². The lowest BCUT2D eigenvalue weighted by Gasteiger charge is -2.33. The Balaban J connectivity index is 1.38. The van der Waals surface area contributed by atoms with E-state index >= 15 is 0 Å². The van der Waals surface area contributed by atoms with E-state index in [1.165, 1.54) is 16.7 Å². The summed E-state index contributed by atoms with van der Waals surface area (Å²) in [4.78, 5) is 28.3. The zero-order valence-electron chi connectivity index (χ0n) is 16.3. The summed E-state index contributed by atoms with van der Waals surface area (Å²) in [6.45, 7) is 7.82. The lowest BCUT2D eigenvalue weighted by atomic mass is 9.93. The summed E-state index contributed by atoms with van der Waals surface area (Å²) in [7, 11) is 0. The second-order valence-corrected chi connectivity index (χ2v) is 8.09. The number of likely N-dealkylation sites (tertiary alicyclic amines) is 2. The van der Waals surface area contributed by atoms with Crippen LogP contribution in [0.4, 0.5) is 0 Å². The van der Waals surface area contributed by atoms with E-state index in [4.69, 9.17) is 0 Å². The Labute approximate surface area is 157 Å². The van der Waals surface area contributed by atoms with Gasteiger partial charge in [-0.3, -0.25) is 9.59 Å². The van der Waals surface area contributed by atoms with E-state index in [-0.39, 0.29) is 5.91 Å². The molecule has 1 aromatic carbocycles. The van der Waals surface area contributed by atoms with Gasteiger partial charge in [0.15, 0.2) is 0 Å². The first-order valence-electron chi connectivity index (χ1n) is 10.1. The van der Waals surface area contributed by atoms with Crippen molar-refractivity contribution in [3.8, 4) is 0 Å². The molecule has 2 amide bonds. The lowest BCUT2D eigenvalue weighted by molar-refractivity contribution is -0.132. The summed E-state index contributed by atoms with van der Waals surface area (Å²) in [5.41, 5.74) is 3.80. The van der Waals surface area contributed by atoms with Crippen LogP contribution in [-0.4, -0.2) is 47.8 Å². The van der Waals surface area contributed by atoms with Crippen LogP contribution < -0.4 is 0 Å². The fourth-order valence-corrected chi connectivity index (χ4v) is 4.37. The average Bonchev–Trinajstić information content (AvgIpc) is 3.02. The quantitative estimate of drug-likeness (QED) is 0.783. The molecule has 2 heterocycles. The molecule has 0 unspecified atom stereocenters. The highest BCUT2D eigenvalue weighted by atomic mass is 16.2. The van der Waals surface area contributed by atoms with Crippen molar-refractivity contribution in [3.05, 3.63) is 34.9 Å². The molecule has 2 fully saturated rings. The van der Waals surface area contributed by atoms with Gasteiger partial charge in [-0.25, -0.2) is 0 Å². The lowest BCUT2D eigenvalue weighted by Crippen LogP contribution is -2.39. The maximum atomic E-state index is 12.5. The van der Waals surface area contributed by atoms with E-state index < -0.39 is 0 Å².